The molecule has 3 nitrogen and oxygen atoms in total. The molecule has 0 bridgehead atoms. The highest BCUT2D eigenvalue weighted by atomic mass is 16.5. The first-order valence-corrected chi connectivity index (χ1v) is 5.58. The Hall–Kier alpha value is -2.73. The lowest BCUT2D eigenvalue weighted by Gasteiger charge is -2.05. The number of hydrogen-bond acceptors (Lipinski definition) is 1. The average molecular weight is 234 g/mol. The van der Waals surface area contributed by atoms with E-state index in [1.165, 1.54) is 0 Å². The van der Waals surface area contributed by atoms with Crippen LogP contribution in [0.2, 0.25) is 0 Å². The number of benzene rings is 1. The molecule has 0 saturated heterocycles. The second kappa shape index (κ2) is 4.27. The first kappa shape index (κ1) is 10.4. The molecule has 86 valence electrons. The summed E-state index contributed by atoms with van der Waals surface area (Å²) < 4.78 is 7.77. The molecule has 0 aliphatic heterocycles. The fraction of sp³-hybridized carbons (Fsp3) is 0. The molecule has 0 saturated carbocycles. The third-order valence-electron chi connectivity index (χ3n) is 2.71. The summed E-state index contributed by atoms with van der Waals surface area (Å²) in [4.78, 5) is 3.35. The lowest BCUT2D eigenvalue weighted by molar-refractivity contribution is 0.459. The molecule has 0 aliphatic rings. The standard InChI is InChI=1S/C15H10N2O/c1-16-12-5-8-14(9-6-12)18-15-10-7-13-4-2-3-11-17(13)15/h2-11H. The van der Waals surface area contributed by atoms with Gasteiger partial charge in [0.05, 0.1) is 6.57 Å². The van der Waals surface area contributed by atoms with Gasteiger partial charge in [-0.05, 0) is 30.3 Å². The number of pyridine rings is 1. The Bertz CT molecular complexity index is 720. The molecular formula is C15H10N2O. The molecule has 0 fully saturated rings. The van der Waals surface area contributed by atoms with Gasteiger partial charge in [-0.1, -0.05) is 18.2 Å². The topological polar surface area (TPSA) is 18.0 Å². The van der Waals surface area contributed by atoms with Crippen LogP contribution in [-0.4, -0.2) is 4.40 Å². The van der Waals surface area contributed by atoms with Gasteiger partial charge < -0.3 is 4.74 Å². The zero-order valence-corrected chi connectivity index (χ0v) is 9.58. The van der Waals surface area contributed by atoms with Crippen LogP contribution in [-0.2, 0) is 0 Å². The van der Waals surface area contributed by atoms with Gasteiger partial charge in [0.2, 0.25) is 5.88 Å². The Morgan fingerprint density at radius 3 is 2.56 bits per heavy atom. The largest absolute Gasteiger partial charge is 0.441 e. The van der Waals surface area contributed by atoms with Gasteiger partial charge in [-0.25, -0.2) is 4.85 Å². The highest BCUT2D eigenvalue weighted by Crippen LogP contribution is 2.25. The number of hydrogen-bond donors (Lipinski definition) is 0. The van der Waals surface area contributed by atoms with Gasteiger partial charge in [0.1, 0.15) is 5.75 Å². The Kier molecular flexibility index (Phi) is 2.47. The molecule has 0 aliphatic carbocycles. The third-order valence-corrected chi connectivity index (χ3v) is 2.71. The Morgan fingerprint density at radius 1 is 0.944 bits per heavy atom. The van der Waals surface area contributed by atoms with E-state index in [-0.39, 0.29) is 0 Å². The van der Waals surface area contributed by atoms with E-state index in [4.69, 9.17) is 11.3 Å². The maximum Gasteiger partial charge on any atom is 0.204 e. The van der Waals surface area contributed by atoms with E-state index in [0.717, 1.165) is 17.1 Å². The number of rotatable bonds is 2. The van der Waals surface area contributed by atoms with Crippen molar-refractivity contribution in [2.24, 2.45) is 0 Å². The van der Waals surface area contributed by atoms with E-state index in [1.807, 2.05) is 40.9 Å². The van der Waals surface area contributed by atoms with Crippen molar-refractivity contribution in [1.29, 1.82) is 0 Å². The minimum atomic E-state index is 0.613. The van der Waals surface area contributed by atoms with Crippen molar-refractivity contribution in [1.82, 2.24) is 4.40 Å². The minimum Gasteiger partial charge on any atom is -0.441 e. The van der Waals surface area contributed by atoms with Crippen molar-refractivity contribution in [2.75, 3.05) is 0 Å². The van der Waals surface area contributed by atoms with Crippen LogP contribution in [0, 0.1) is 6.57 Å². The van der Waals surface area contributed by atoms with Crippen LogP contribution in [0.4, 0.5) is 5.69 Å². The van der Waals surface area contributed by atoms with Crippen LogP contribution in [0.25, 0.3) is 10.4 Å². The number of aromatic nitrogens is 1. The van der Waals surface area contributed by atoms with E-state index in [9.17, 15) is 0 Å². The van der Waals surface area contributed by atoms with E-state index >= 15 is 0 Å². The van der Waals surface area contributed by atoms with Crippen molar-refractivity contribution in [3.8, 4) is 11.6 Å². The van der Waals surface area contributed by atoms with Crippen LogP contribution in [0.5, 0.6) is 11.6 Å². The van der Waals surface area contributed by atoms with Crippen molar-refractivity contribution >= 4 is 11.2 Å². The molecule has 3 heteroatoms. The summed E-state index contributed by atoms with van der Waals surface area (Å²) in [5.74, 6) is 1.49. The van der Waals surface area contributed by atoms with E-state index in [2.05, 4.69) is 4.85 Å². The highest BCUT2D eigenvalue weighted by molar-refractivity contribution is 5.52. The minimum absolute atomic E-state index is 0.613. The normalized spacial score (nSPS) is 10.2. The predicted octanol–water partition coefficient (Wildman–Crippen LogP) is 4.28. The zero-order valence-electron chi connectivity index (χ0n) is 9.58. The summed E-state index contributed by atoms with van der Waals surface area (Å²) in [5.41, 5.74) is 1.70. The monoisotopic (exact) mass is 234 g/mol. The second-order valence-electron chi connectivity index (χ2n) is 3.87. The van der Waals surface area contributed by atoms with Gasteiger partial charge in [-0.3, -0.25) is 4.40 Å². The Balaban J connectivity index is 1.94. The Morgan fingerprint density at radius 2 is 1.78 bits per heavy atom. The van der Waals surface area contributed by atoms with Crippen LogP contribution >= 0.6 is 0 Å². The molecule has 1 aromatic carbocycles. The second-order valence-corrected chi connectivity index (χ2v) is 3.87. The quantitative estimate of drug-likeness (QED) is 0.605. The molecule has 3 aromatic rings. The van der Waals surface area contributed by atoms with Crippen LogP contribution in [0.3, 0.4) is 0 Å². The van der Waals surface area contributed by atoms with Gasteiger partial charge in [0.15, 0.2) is 5.69 Å². The van der Waals surface area contributed by atoms with Crippen LogP contribution in [0.15, 0.2) is 60.8 Å². The zero-order chi connectivity index (χ0) is 12.4. The fourth-order valence-corrected chi connectivity index (χ4v) is 1.82. The van der Waals surface area contributed by atoms with Crippen molar-refractivity contribution < 1.29 is 4.74 Å². The summed E-state index contributed by atoms with van der Waals surface area (Å²) in [6, 6.07) is 17.0. The molecule has 0 N–H and O–H groups in total. The lowest BCUT2D eigenvalue weighted by Crippen LogP contribution is -1.89. The highest BCUT2D eigenvalue weighted by Gasteiger charge is 2.03. The Labute approximate surface area is 105 Å². The summed E-state index contributed by atoms with van der Waals surface area (Å²) in [6.45, 7) is 6.90. The predicted molar refractivity (Wildman–Crippen MR) is 70.2 cm³/mol. The SMILES string of the molecule is [C-]#[N+]c1ccc(Oc2ccc3ccccn23)cc1. The molecule has 18 heavy (non-hydrogen) atoms. The number of ether oxygens (including phenoxy) is 1. The summed E-state index contributed by atoms with van der Waals surface area (Å²) >= 11 is 0. The molecule has 2 heterocycles. The van der Waals surface area contributed by atoms with Crippen LogP contribution < -0.4 is 4.74 Å². The number of nitrogens with zero attached hydrogens (tertiary/aromatic N) is 2. The van der Waals surface area contributed by atoms with Crippen molar-refractivity contribution in [3.63, 3.8) is 0 Å². The molecule has 0 spiro atoms. The van der Waals surface area contributed by atoms with Gasteiger partial charge in [0.25, 0.3) is 0 Å². The van der Waals surface area contributed by atoms with Gasteiger partial charge >= 0.3 is 0 Å². The number of fused-ring (bicyclic) bond motifs is 1. The molecule has 2 aromatic heterocycles. The summed E-state index contributed by atoms with van der Waals surface area (Å²) in [5, 5.41) is 0. The van der Waals surface area contributed by atoms with E-state index < -0.39 is 0 Å². The molecule has 0 unspecified atom stereocenters. The first-order valence-electron chi connectivity index (χ1n) is 5.58. The van der Waals surface area contributed by atoms with Crippen molar-refractivity contribution in [3.05, 3.63) is 72.2 Å². The maximum atomic E-state index is 6.90. The van der Waals surface area contributed by atoms with Crippen molar-refractivity contribution in [2.45, 2.75) is 0 Å². The maximum absolute atomic E-state index is 6.90. The van der Waals surface area contributed by atoms with E-state index in [1.54, 1.807) is 24.3 Å². The lowest BCUT2D eigenvalue weighted by atomic mass is 10.3. The van der Waals surface area contributed by atoms with Crippen LogP contribution in [0.1, 0.15) is 0 Å². The summed E-state index contributed by atoms with van der Waals surface area (Å²) in [6.07, 6.45) is 1.96. The van der Waals surface area contributed by atoms with E-state index in [0.29, 0.717) is 5.69 Å². The molecule has 0 radical (unpaired) electrons. The third kappa shape index (κ3) is 1.80. The first-order chi connectivity index (χ1) is 8.86. The molecule has 0 atom stereocenters. The fourth-order valence-electron chi connectivity index (χ4n) is 1.82. The average Bonchev–Trinajstić information content (AvgIpc) is 2.83. The smallest absolute Gasteiger partial charge is 0.204 e. The molecule has 0 amide bonds. The molecule has 3 rings (SSSR count). The molecular weight excluding hydrogens is 224 g/mol. The summed E-state index contributed by atoms with van der Waals surface area (Å²) in [7, 11) is 0. The van der Waals surface area contributed by atoms with Gasteiger partial charge in [-0.2, -0.15) is 0 Å². The van der Waals surface area contributed by atoms with Gasteiger partial charge in [0, 0.05) is 17.8 Å². The van der Waals surface area contributed by atoms with Gasteiger partial charge in [-0.15, -0.1) is 0 Å².